The van der Waals surface area contributed by atoms with E-state index < -0.39 is 11.6 Å². The Bertz CT molecular complexity index is 703. The maximum absolute atomic E-state index is 13.0. The van der Waals surface area contributed by atoms with Gasteiger partial charge in [-0.15, -0.1) is 0 Å². The van der Waals surface area contributed by atoms with E-state index in [-0.39, 0.29) is 23.7 Å². The standard InChI is InChI=1S/C21H28N2O3/c1-4-20(2,3)16-10-12-21(13-11-16)18(25)23(19(26)22-21)14-17(24)15-8-6-5-7-9-15/h5-9,16H,4,10-14H2,1-3H3,(H,22,26). The average molecular weight is 356 g/mol. The van der Waals surface area contributed by atoms with Crippen LogP contribution in [0.3, 0.4) is 0 Å². The first-order chi connectivity index (χ1) is 12.3. The van der Waals surface area contributed by atoms with Crippen molar-refractivity contribution in [3.8, 4) is 0 Å². The third-order valence-corrected chi connectivity index (χ3v) is 6.50. The molecule has 1 saturated heterocycles. The normalized spacial score (nSPS) is 26.3. The largest absolute Gasteiger partial charge is 0.325 e. The summed E-state index contributed by atoms with van der Waals surface area (Å²) in [5.74, 6) is 0.106. The van der Waals surface area contributed by atoms with Crippen molar-refractivity contribution in [3.63, 3.8) is 0 Å². The molecule has 5 heteroatoms. The van der Waals surface area contributed by atoms with E-state index in [0.717, 1.165) is 24.2 Å². The zero-order valence-electron chi connectivity index (χ0n) is 15.9. The van der Waals surface area contributed by atoms with Crippen LogP contribution in [0.15, 0.2) is 30.3 Å². The Morgan fingerprint density at radius 1 is 1.19 bits per heavy atom. The predicted molar refractivity (Wildman–Crippen MR) is 99.8 cm³/mol. The van der Waals surface area contributed by atoms with E-state index in [2.05, 4.69) is 26.1 Å². The smallest absolute Gasteiger partial charge is 0.323 e. The molecule has 3 rings (SSSR count). The lowest BCUT2D eigenvalue weighted by Gasteiger charge is -2.42. The summed E-state index contributed by atoms with van der Waals surface area (Å²) in [6.07, 6.45) is 4.26. The van der Waals surface area contributed by atoms with Crippen LogP contribution in [0.2, 0.25) is 0 Å². The monoisotopic (exact) mass is 356 g/mol. The Labute approximate surface area is 155 Å². The third kappa shape index (κ3) is 3.27. The molecule has 1 aliphatic carbocycles. The molecule has 1 N–H and O–H groups in total. The number of ketones is 1. The quantitative estimate of drug-likeness (QED) is 0.645. The van der Waals surface area contributed by atoms with Gasteiger partial charge in [0, 0.05) is 5.56 Å². The summed E-state index contributed by atoms with van der Waals surface area (Å²) in [5, 5.41) is 2.90. The number of urea groups is 1. The summed E-state index contributed by atoms with van der Waals surface area (Å²) in [5.41, 5.74) is -0.0487. The number of nitrogens with zero attached hydrogens (tertiary/aromatic N) is 1. The Kier molecular flexibility index (Phi) is 4.91. The van der Waals surface area contributed by atoms with E-state index >= 15 is 0 Å². The lowest BCUT2D eigenvalue weighted by atomic mass is 9.65. The highest BCUT2D eigenvalue weighted by atomic mass is 16.2. The van der Waals surface area contributed by atoms with E-state index in [1.807, 2.05) is 6.07 Å². The van der Waals surface area contributed by atoms with Crippen molar-refractivity contribution in [1.82, 2.24) is 10.2 Å². The zero-order valence-corrected chi connectivity index (χ0v) is 15.9. The lowest BCUT2D eigenvalue weighted by Crippen LogP contribution is -2.51. The second-order valence-electron chi connectivity index (χ2n) is 8.31. The van der Waals surface area contributed by atoms with Gasteiger partial charge in [-0.05, 0) is 37.0 Å². The van der Waals surface area contributed by atoms with Gasteiger partial charge in [-0.25, -0.2) is 4.79 Å². The summed E-state index contributed by atoms with van der Waals surface area (Å²) in [6, 6.07) is 8.35. The number of amides is 3. The molecular weight excluding hydrogens is 328 g/mol. The number of rotatable bonds is 5. The molecule has 5 nitrogen and oxygen atoms in total. The number of hydrogen-bond acceptors (Lipinski definition) is 3. The van der Waals surface area contributed by atoms with Gasteiger partial charge in [-0.1, -0.05) is 57.5 Å². The average Bonchev–Trinajstić information content (AvgIpc) is 2.87. The molecular formula is C21H28N2O3. The van der Waals surface area contributed by atoms with Gasteiger partial charge in [-0.2, -0.15) is 0 Å². The molecule has 2 fully saturated rings. The lowest BCUT2D eigenvalue weighted by molar-refractivity contribution is -0.132. The highest BCUT2D eigenvalue weighted by molar-refractivity contribution is 6.11. The first-order valence-corrected chi connectivity index (χ1v) is 9.51. The molecule has 1 spiro atoms. The van der Waals surface area contributed by atoms with Gasteiger partial charge in [0.05, 0.1) is 6.54 Å². The van der Waals surface area contributed by atoms with Crippen LogP contribution in [0, 0.1) is 11.3 Å². The van der Waals surface area contributed by atoms with Crippen LogP contribution in [0.5, 0.6) is 0 Å². The van der Waals surface area contributed by atoms with Crippen molar-refractivity contribution in [2.45, 2.75) is 58.4 Å². The highest BCUT2D eigenvalue weighted by Crippen LogP contribution is 2.45. The maximum Gasteiger partial charge on any atom is 0.325 e. The second kappa shape index (κ2) is 6.86. The molecule has 0 unspecified atom stereocenters. The van der Waals surface area contributed by atoms with Gasteiger partial charge in [-0.3, -0.25) is 14.5 Å². The van der Waals surface area contributed by atoms with Gasteiger partial charge in [0.25, 0.3) is 5.91 Å². The minimum atomic E-state index is -0.811. The number of imide groups is 1. The van der Waals surface area contributed by atoms with E-state index in [0.29, 0.717) is 24.3 Å². The fraction of sp³-hybridized carbons (Fsp3) is 0.571. The number of Topliss-reactive ketones (excluding diaryl/α,β-unsaturated/α-hetero) is 1. The highest BCUT2D eigenvalue weighted by Gasteiger charge is 2.53. The van der Waals surface area contributed by atoms with E-state index in [1.54, 1.807) is 24.3 Å². The second-order valence-corrected chi connectivity index (χ2v) is 8.31. The molecule has 0 radical (unpaired) electrons. The number of carbonyl (C=O) groups is 3. The van der Waals surface area contributed by atoms with Crippen molar-refractivity contribution in [1.29, 1.82) is 0 Å². The van der Waals surface area contributed by atoms with Crippen molar-refractivity contribution in [3.05, 3.63) is 35.9 Å². The summed E-state index contributed by atoms with van der Waals surface area (Å²) in [6.45, 7) is 6.55. The molecule has 1 aromatic carbocycles. The van der Waals surface area contributed by atoms with Gasteiger partial charge < -0.3 is 5.32 Å². The minimum absolute atomic E-state index is 0.194. The van der Waals surface area contributed by atoms with Crippen molar-refractivity contribution in [2.24, 2.45) is 11.3 Å². The topological polar surface area (TPSA) is 66.5 Å². The summed E-state index contributed by atoms with van der Waals surface area (Å²) < 4.78 is 0. The number of hydrogen-bond donors (Lipinski definition) is 1. The van der Waals surface area contributed by atoms with Gasteiger partial charge in [0.2, 0.25) is 0 Å². The molecule has 3 amide bonds. The molecule has 0 atom stereocenters. The molecule has 26 heavy (non-hydrogen) atoms. The maximum atomic E-state index is 13.0. The van der Waals surface area contributed by atoms with Crippen molar-refractivity contribution < 1.29 is 14.4 Å². The molecule has 1 heterocycles. The molecule has 140 valence electrons. The molecule has 1 saturated carbocycles. The third-order valence-electron chi connectivity index (χ3n) is 6.50. The van der Waals surface area contributed by atoms with Gasteiger partial charge in [0.15, 0.2) is 5.78 Å². The molecule has 0 aromatic heterocycles. The molecule has 2 aliphatic rings. The van der Waals surface area contributed by atoms with Crippen molar-refractivity contribution >= 4 is 17.7 Å². The predicted octanol–water partition coefficient (Wildman–Crippen LogP) is 3.79. The SMILES string of the molecule is CCC(C)(C)C1CCC2(CC1)NC(=O)N(CC(=O)c1ccccc1)C2=O. The van der Waals surface area contributed by atoms with E-state index in [1.165, 1.54) is 0 Å². The Morgan fingerprint density at radius 2 is 1.81 bits per heavy atom. The van der Waals surface area contributed by atoms with Crippen LogP contribution in [-0.2, 0) is 4.79 Å². The molecule has 0 bridgehead atoms. The summed E-state index contributed by atoms with van der Waals surface area (Å²) in [4.78, 5) is 38.9. The van der Waals surface area contributed by atoms with Crippen LogP contribution >= 0.6 is 0 Å². The van der Waals surface area contributed by atoms with E-state index in [4.69, 9.17) is 0 Å². The Morgan fingerprint density at radius 3 is 2.38 bits per heavy atom. The van der Waals surface area contributed by atoms with E-state index in [9.17, 15) is 14.4 Å². The fourth-order valence-electron chi connectivity index (χ4n) is 4.20. The number of nitrogens with one attached hydrogen (secondary N) is 1. The van der Waals surface area contributed by atoms with Crippen LogP contribution in [0.1, 0.15) is 63.2 Å². The summed E-state index contributed by atoms with van der Waals surface area (Å²) >= 11 is 0. The fourth-order valence-corrected chi connectivity index (χ4v) is 4.20. The number of carbonyl (C=O) groups excluding carboxylic acids is 3. The molecule has 1 aromatic rings. The van der Waals surface area contributed by atoms with Crippen molar-refractivity contribution in [2.75, 3.05) is 6.54 Å². The van der Waals surface area contributed by atoms with Crippen LogP contribution in [0.4, 0.5) is 4.79 Å². The summed E-state index contributed by atoms with van der Waals surface area (Å²) in [7, 11) is 0. The molecule has 1 aliphatic heterocycles. The minimum Gasteiger partial charge on any atom is -0.323 e. The van der Waals surface area contributed by atoms with Crippen LogP contribution in [-0.4, -0.2) is 34.7 Å². The van der Waals surface area contributed by atoms with Gasteiger partial charge >= 0.3 is 6.03 Å². The van der Waals surface area contributed by atoms with Crippen LogP contribution < -0.4 is 5.32 Å². The Balaban J connectivity index is 1.69. The first kappa shape index (κ1) is 18.6. The van der Waals surface area contributed by atoms with Crippen LogP contribution in [0.25, 0.3) is 0 Å². The first-order valence-electron chi connectivity index (χ1n) is 9.51. The zero-order chi connectivity index (χ0) is 18.9. The Hall–Kier alpha value is -2.17. The number of benzene rings is 1. The van der Waals surface area contributed by atoms with Gasteiger partial charge in [0.1, 0.15) is 5.54 Å².